The Hall–Kier alpha value is -6.14. The zero-order valence-corrected chi connectivity index (χ0v) is 24.8. The van der Waals surface area contributed by atoms with Gasteiger partial charge in [0.15, 0.2) is 0 Å². The van der Waals surface area contributed by atoms with Crippen LogP contribution in [0.4, 0.5) is 11.4 Å². The van der Waals surface area contributed by atoms with Crippen molar-refractivity contribution in [3.63, 3.8) is 0 Å². The van der Waals surface area contributed by atoms with Gasteiger partial charge in [0.2, 0.25) is 23.6 Å². The van der Waals surface area contributed by atoms with Crippen molar-refractivity contribution in [1.29, 1.82) is 0 Å². The number of nitrogens with one attached hydrogen (secondary N) is 4. The van der Waals surface area contributed by atoms with Crippen LogP contribution in [0.25, 0.3) is 23.5 Å². The van der Waals surface area contributed by atoms with Crippen molar-refractivity contribution in [2.45, 2.75) is 27.7 Å². The van der Waals surface area contributed by atoms with E-state index in [1.165, 1.54) is 50.3 Å². The van der Waals surface area contributed by atoms with Gasteiger partial charge in [-0.2, -0.15) is 0 Å². The smallest absolute Gasteiger partial charge is 0.335 e. The van der Waals surface area contributed by atoms with E-state index in [0.29, 0.717) is 11.4 Å². The number of ether oxygens (including phenoxy) is 2. The highest BCUT2D eigenvalue weighted by Crippen LogP contribution is 2.17. The van der Waals surface area contributed by atoms with E-state index in [9.17, 15) is 28.8 Å². The second-order valence-electron chi connectivity index (χ2n) is 9.40. The van der Waals surface area contributed by atoms with Gasteiger partial charge in [-0.05, 0) is 74.5 Å². The zero-order valence-electron chi connectivity index (χ0n) is 24.8. The van der Waals surface area contributed by atoms with Gasteiger partial charge in [-0.25, -0.2) is 18.7 Å². The molecule has 0 saturated heterocycles. The van der Waals surface area contributed by atoms with Gasteiger partial charge in [-0.1, -0.05) is 0 Å². The lowest BCUT2D eigenvalue weighted by atomic mass is 10.2. The molecule has 0 spiro atoms. The lowest BCUT2D eigenvalue weighted by molar-refractivity contribution is -0.115. The molecule has 2 amide bonds. The molecule has 232 valence electrons. The Labute approximate surface area is 255 Å². The first kappa shape index (κ1) is 31.8. The molecule has 4 N–H and O–H groups in total. The molecule has 0 atom stereocenters. The highest BCUT2D eigenvalue weighted by molar-refractivity contribution is 5.89. The molecule has 0 aliphatic carbocycles. The number of rotatable bonds is 10. The van der Waals surface area contributed by atoms with E-state index < -0.39 is 22.5 Å². The lowest BCUT2D eigenvalue weighted by Gasteiger charge is -2.11. The topological polar surface area (TPSA) is 186 Å². The molecular weight excluding hydrogens is 584 g/mol. The minimum absolute atomic E-state index is 0.0742. The van der Waals surface area contributed by atoms with Crippen LogP contribution in [0, 0.1) is 0 Å². The number of hydrogen-bond donors (Lipinski definition) is 4. The second-order valence-corrected chi connectivity index (χ2v) is 9.40. The van der Waals surface area contributed by atoms with E-state index in [0.717, 1.165) is 9.13 Å². The first-order valence-electron chi connectivity index (χ1n) is 13.8. The molecule has 0 unspecified atom stereocenters. The first-order chi connectivity index (χ1) is 21.5. The molecule has 14 heteroatoms. The van der Waals surface area contributed by atoms with Crippen LogP contribution in [0.15, 0.2) is 73.4 Å². The summed E-state index contributed by atoms with van der Waals surface area (Å²) >= 11 is 0. The molecular formula is C31H30N6O8. The summed E-state index contributed by atoms with van der Waals surface area (Å²) in [5, 5.41) is 5.22. The van der Waals surface area contributed by atoms with E-state index in [-0.39, 0.29) is 59.3 Å². The van der Waals surface area contributed by atoms with Gasteiger partial charge in [0, 0.05) is 25.2 Å². The van der Waals surface area contributed by atoms with Gasteiger partial charge >= 0.3 is 11.4 Å². The predicted molar refractivity (Wildman–Crippen MR) is 169 cm³/mol. The molecule has 4 rings (SSSR count). The Morgan fingerprint density at radius 1 is 0.689 bits per heavy atom. The van der Waals surface area contributed by atoms with Crippen molar-refractivity contribution in [1.82, 2.24) is 19.1 Å². The lowest BCUT2D eigenvalue weighted by Crippen LogP contribution is -2.35. The molecule has 0 aliphatic heterocycles. The number of carbonyl (C=O) groups is 2. The van der Waals surface area contributed by atoms with Crippen LogP contribution in [-0.2, 0) is 9.59 Å². The molecule has 0 radical (unpaired) electrons. The van der Waals surface area contributed by atoms with E-state index in [2.05, 4.69) is 26.3 Å². The van der Waals surface area contributed by atoms with Crippen molar-refractivity contribution in [2.24, 2.45) is 0 Å². The summed E-state index contributed by atoms with van der Waals surface area (Å²) in [6.45, 7) is 6.33. The largest absolute Gasteiger partial charge is 0.479 e. The fraction of sp³-hybridized carbons (Fsp3) is 0.194. The van der Waals surface area contributed by atoms with E-state index >= 15 is 0 Å². The van der Waals surface area contributed by atoms with Crippen molar-refractivity contribution in [3.05, 3.63) is 107 Å². The molecule has 2 heterocycles. The number of carbonyl (C=O) groups excluding carboxylic acids is 2. The monoisotopic (exact) mass is 614 g/mol. The summed E-state index contributed by atoms with van der Waals surface area (Å²) in [7, 11) is 0. The van der Waals surface area contributed by atoms with Crippen molar-refractivity contribution in [2.75, 3.05) is 23.8 Å². The van der Waals surface area contributed by atoms with Crippen LogP contribution in [0.2, 0.25) is 0 Å². The average Bonchev–Trinajstić information content (AvgIpc) is 2.97. The number of H-pyrrole nitrogens is 2. The quantitative estimate of drug-likeness (QED) is 0.196. The van der Waals surface area contributed by atoms with Gasteiger partial charge < -0.3 is 20.1 Å². The maximum atomic E-state index is 13.5. The molecule has 2 aromatic heterocycles. The minimum Gasteiger partial charge on any atom is -0.479 e. The molecule has 0 saturated carbocycles. The Bertz CT molecular complexity index is 1900. The van der Waals surface area contributed by atoms with Crippen LogP contribution >= 0.6 is 0 Å². The molecule has 4 aromatic rings. The zero-order chi connectivity index (χ0) is 32.7. The fourth-order valence-electron chi connectivity index (χ4n) is 4.30. The standard InChI is InChI=1S/C31H30N6O8/c1-5-44-26-24(28(40)36(30(42)34-26)22-14-10-20(11-15-22)32-18(3)38)8-7-9-25-27(45-6-2)35-31(43)37(29(25)41)23-16-12-21(13-17-23)33-19(4)39/h8-17H,5-6H2,1-4H3,(H,32,38)(H,33,39)(H,34,42)(H,35,43). The van der Waals surface area contributed by atoms with Gasteiger partial charge in [-0.15, -0.1) is 5.73 Å². The average molecular weight is 615 g/mol. The number of aromatic nitrogens is 4. The molecule has 2 aromatic carbocycles. The minimum atomic E-state index is -0.761. The van der Waals surface area contributed by atoms with Crippen LogP contribution in [0.5, 0.6) is 11.8 Å². The number of aromatic amines is 2. The summed E-state index contributed by atoms with van der Waals surface area (Å²) in [4.78, 5) is 80.6. The Balaban J connectivity index is 1.84. The number of hydrogen-bond acceptors (Lipinski definition) is 8. The maximum absolute atomic E-state index is 13.5. The van der Waals surface area contributed by atoms with Gasteiger partial charge in [-0.3, -0.25) is 29.1 Å². The Kier molecular flexibility index (Phi) is 9.81. The Morgan fingerprint density at radius 2 is 1.04 bits per heavy atom. The van der Waals surface area contributed by atoms with Crippen LogP contribution in [0.1, 0.15) is 38.8 Å². The van der Waals surface area contributed by atoms with E-state index in [4.69, 9.17) is 9.47 Å². The normalized spacial score (nSPS) is 10.4. The molecule has 0 bridgehead atoms. The molecule has 0 aliphatic rings. The summed E-state index contributed by atoms with van der Waals surface area (Å²) in [5.74, 6) is -0.773. The molecule has 14 nitrogen and oxygen atoms in total. The van der Waals surface area contributed by atoms with E-state index in [1.54, 1.807) is 38.1 Å². The number of nitrogens with zero attached hydrogens (tertiary/aromatic N) is 2. The van der Waals surface area contributed by atoms with E-state index in [1.807, 2.05) is 0 Å². The van der Waals surface area contributed by atoms with Crippen molar-refractivity contribution < 1.29 is 19.1 Å². The third-order valence-corrected chi connectivity index (χ3v) is 6.13. The summed E-state index contributed by atoms with van der Waals surface area (Å²) < 4.78 is 12.8. The van der Waals surface area contributed by atoms with Crippen LogP contribution < -0.4 is 42.6 Å². The van der Waals surface area contributed by atoms with Gasteiger partial charge in [0.25, 0.3) is 11.1 Å². The third kappa shape index (κ3) is 7.27. The Morgan fingerprint density at radius 3 is 1.36 bits per heavy atom. The van der Waals surface area contributed by atoms with Gasteiger partial charge in [0.1, 0.15) is 11.1 Å². The third-order valence-electron chi connectivity index (χ3n) is 6.13. The second kappa shape index (κ2) is 13.9. The van der Waals surface area contributed by atoms with Gasteiger partial charge in [0.05, 0.1) is 24.6 Å². The number of anilines is 2. The molecule has 0 fully saturated rings. The number of benzene rings is 2. The first-order valence-corrected chi connectivity index (χ1v) is 13.8. The number of amides is 2. The summed E-state index contributed by atoms with van der Waals surface area (Å²) in [5.41, 5.74) is 1.04. The SMILES string of the molecule is CCOc1[nH]c(=O)n(-c2ccc(NC(C)=O)cc2)c(=O)c1C=C=Cc1c(OCC)[nH]c(=O)n(-c2ccc(NC(C)=O)cc2)c1=O. The summed E-state index contributed by atoms with van der Waals surface area (Å²) in [6.07, 6.45) is 2.47. The summed E-state index contributed by atoms with van der Waals surface area (Å²) in [6, 6.07) is 12.1. The highest BCUT2D eigenvalue weighted by Gasteiger charge is 2.17. The maximum Gasteiger partial charge on any atom is 0.335 e. The molecule has 45 heavy (non-hydrogen) atoms. The van der Waals surface area contributed by atoms with Crippen LogP contribution in [0.3, 0.4) is 0 Å². The van der Waals surface area contributed by atoms with Crippen LogP contribution in [-0.4, -0.2) is 44.1 Å². The fourth-order valence-corrected chi connectivity index (χ4v) is 4.30. The highest BCUT2D eigenvalue weighted by atomic mass is 16.5. The predicted octanol–water partition coefficient (Wildman–Crippen LogP) is 2.40. The van der Waals surface area contributed by atoms with Crippen molar-refractivity contribution >= 4 is 35.3 Å². The van der Waals surface area contributed by atoms with Crippen molar-refractivity contribution in [3.8, 4) is 23.1 Å².